The monoisotopic (exact) mass is 533 g/mol. The average molecular weight is 533 g/mol. The Hall–Kier alpha value is 0. The average Bonchev–Trinajstić information content (AvgIpc) is 2.94. The molecule has 0 N–H and O–H groups in total. The highest BCUT2D eigenvalue weighted by atomic mass is 14.3. The van der Waals surface area contributed by atoms with Crippen molar-refractivity contribution in [2.24, 2.45) is 11.8 Å². The number of hydrogen-bond donors (Lipinski definition) is 0. The van der Waals surface area contributed by atoms with Gasteiger partial charge in [0.25, 0.3) is 0 Å². The summed E-state index contributed by atoms with van der Waals surface area (Å²) in [5, 5.41) is 0. The lowest BCUT2D eigenvalue weighted by Crippen LogP contribution is -2.14. The van der Waals surface area contributed by atoms with E-state index in [1.165, 1.54) is 180 Å². The van der Waals surface area contributed by atoms with Crippen LogP contribution >= 0.6 is 0 Å². The van der Waals surface area contributed by atoms with E-state index in [2.05, 4.69) is 13.8 Å². The molecule has 0 nitrogen and oxygen atoms in total. The third-order valence-electron chi connectivity index (χ3n) is 9.90. The van der Waals surface area contributed by atoms with Crippen molar-refractivity contribution < 1.29 is 0 Å². The van der Waals surface area contributed by atoms with Gasteiger partial charge in [0.1, 0.15) is 0 Å². The molecule has 0 aromatic rings. The molecule has 0 atom stereocenters. The molecule has 0 aliphatic heterocycles. The zero-order valence-electron chi connectivity index (χ0n) is 27.2. The highest BCUT2D eigenvalue weighted by Gasteiger charge is 2.20. The molecular formula is C38H76. The maximum absolute atomic E-state index is 2.31. The van der Waals surface area contributed by atoms with Crippen LogP contribution in [0.25, 0.3) is 0 Å². The van der Waals surface area contributed by atoms with E-state index in [4.69, 9.17) is 0 Å². The van der Waals surface area contributed by atoms with Crippen molar-refractivity contribution in [2.45, 2.75) is 232 Å². The van der Waals surface area contributed by atoms with Crippen LogP contribution in [0.2, 0.25) is 0 Å². The predicted octanol–water partition coefficient (Wildman–Crippen LogP) is 14.5. The lowest BCUT2D eigenvalue weighted by molar-refractivity contribution is 0.244. The van der Waals surface area contributed by atoms with Gasteiger partial charge in [-0.3, -0.25) is 0 Å². The first-order valence-corrected chi connectivity index (χ1v) is 18.9. The van der Waals surface area contributed by atoms with Crippen molar-refractivity contribution in [3.63, 3.8) is 0 Å². The summed E-state index contributed by atoms with van der Waals surface area (Å²) in [5.74, 6) is 2.17. The van der Waals surface area contributed by atoms with Gasteiger partial charge in [-0.25, -0.2) is 0 Å². The van der Waals surface area contributed by atoms with Gasteiger partial charge in [0.15, 0.2) is 0 Å². The first kappa shape index (κ1) is 36.0. The molecule has 0 unspecified atom stereocenters. The lowest BCUT2D eigenvalue weighted by Gasteiger charge is -2.28. The molecule has 0 heteroatoms. The smallest absolute Gasteiger partial charge is 0.0414 e. The topological polar surface area (TPSA) is 0 Å². The Morgan fingerprint density at radius 1 is 0.263 bits per heavy atom. The fraction of sp³-hybridized carbons (Fsp3) is 1.00. The molecule has 1 aliphatic rings. The van der Waals surface area contributed by atoms with E-state index in [0.717, 1.165) is 11.8 Å². The molecule has 0 amide bonds. The van der Waals surface area contributed by atoms with Crippen LogP contribution in [0, 0.1) is 11.8 Å². The summed E-state index contributed by atoms with van der Waals surface area (Å²) >= 11 is 0. The second kappa shape index (κ2) is 30.0. The molecule has 0 aromatic heterocycles. The Bertz CT molecular complexity index is 378. The van der Waals surface area contributed by atoms with Crippen LogP contribution in [0.5, 0.6) is 0 Å². The van der Waals surface area contributed by atoms with E-state index >= 15 is 0 Å². The standard InChI is InChI=1S/C38H76/c1-3-5-7-9-11-13-15-17-19-21-23-25-27-29-31-37-33-35-38(36-34-37)32-30-28-26-24-22-20-18-16-14-12-10-8-6-4-2/h37-38H,3-36H2,1-2H3. The molecular weight excluding hydrogens is 456 g/mol. The molecule has 0 bridgehead atoms. The summed E-state index contributed by atoms with van der Waals surface area (Å²) in [5.41, 5.74) is 0. The van der Waals surface area contributed by atoms with Crippen molar-refractivity contribution in [3.05, 3.63) is 0 Å². The van der Waals surface area contributed by atoms with Gasteiger partial charge >= 0.3 is 0 Å². The second-order valence-corrected chi connectivity index (χ2v) is 13.7. The van der Waals surface area contributed by atoms with E-state index < -0.39 is 0 Å². The van der Waals surface area contributed by atoms with Crippen LogP contribution in [0.1, 0.15) is 232 Å². The van der Waals surface area contributed by atoms with Crippen LogP contribution in [0.15, 0.2) is 0 Å². The third-order valence-corrected chi connectivity index (χ3v) is 9.90. The predicted molar refractivity (Wildman–Crippen MR) is 175 cm³/mol. The number of hydrogen-bond acceptors (Lipinski definition) is 0. The van der Waals surface area contributed by atoms with Crippen LogP contribution < -0.4 is 0 Å². The fourth-order valence-corrected chi connectivity index (χ4v) is 7.06. The van der Waals surface area contributed by atoms with E-state index in [1.807, 2.05) is 0 Å². The zero-order chi connectivity index (χ0) is 27.2. The van der Waals surface area contributed by atoms with Crippen molar-refractivity contribution in [2.75, 3.05) is 0 Å². The maximum atomic E-state index is 2.31. The number of unbranched alkanes of at least 4 members (excludes halogenated alkanes) is 26. The summed E-state index contributed by atoms with van der Waals surface area (Å²) in [4.78, 5) is 0. The molecule has 1 aliphatic carbocycles. The first-order chi connectivity index (χ1) is 18.9. The molecule has 0 spiro atoms. The largest absolute Gasteiger partial charge is 0.0654 e. The van der Waals surface area contributed by atoms with E-state index in [-0.39, 0.29) is 0 Å². The first-order valence-electron chi connectivity index (χ1n) is 18.9. The summed E-state index contributed by atoms with van der Waals surface area (Å²) in [6.45, 7) is 4.62. The van der Waals surface area contributed by atoms with Crippen molar-refractivity contribution in [1.29, 1.82) is 0 Å². The van der Waals surface area contributed by atoms with Gasteiger partial charge in [0.2, 0.25) is 0 Å². The van der Waals surface area contributed by atoms with Gasteiger partial charge < -0.3 is 0 Å². The summed E-state index contributed by atoms with van der Waals surface area (Å²) in [6, 6.07) is 0. The minimum atomic E-state index is 1.08. The molecule has 1 saturated carbocycles. The fourth-order valence-electron chi connectivity index (χ4n) is 7.06. The van der Waals surface area contributed by atoms with Crippen molar-refractivity contribution >= 4 is 0 Å². The maximum Gasteiger partial charge on any atom is -0.0414 e. The van der Waals surface area contributed by atoms with Crippen LogP contribution in [0.3, 0.4) is 0 Å². The van der Waals surface area contributed by atoms with E-state index in [0.29, 0.717) is 0 Å². The molecule has 1 fully saturated rings. The van der Waals surface area contributed by atoms with Gasteiger partial charge in [-0.2, -0.15) is 0 Å². The Morgan fingerprint density at radius 3 is 0.658 bits per heavy atom. The minimum absolute atomic E-state index is 1.08. The molecule has 1 rings (SSSR count). The number of rotatable bonds is 30. The van der Waals surface area contributed by atoms with Gasteiger partial charge in [-0.1, -0.05) is 232 Å². The van der Waals surface area contributed by atoms with Crippen LogP contribution in [0.4, 0.5) is 0 Å². The molecule has 38 heavy (non-hydrogen) atoms. The third kappa shape index (κ3) is 25.0. The Balaban J connectivity index is 1.75. The minimum Gasteiger partial charge on any atom is -0.0654 e. The molecule has 228 valence electrons. The highest BCUT2D eigenvalue weighted by Crippen LogP contribution is 2.34. The molecule has 0 radical (unpaired) electrons. The second-order valence-electron chi connectivity index (χ2n) is 13.7. The molecule has 0 aromatic carbocycles. The van der Waals surface area contributed by atoms with Crippen LogP contribution in [-0.4, -0.2) is 0 Å². The Morgan fingerprint density at radius 2 is 0.447 bits per heavy atom. The van der Waals surface area contributed by atoms with Crippen LogP contribution in [-0.2, 0) is 0 Å². The Labute approximate surface area is 243 Å². The van der Waals surface area contributed by atoms with Gasteiger partial charge in [0, 0.05) is 0 Å². The SMILES string of the molecule is CCCCCCCCCCCCCCCCC1CCC(CCCCCCCCCCCCCCCC)CC1. The summed E-state index contributed by atoms with van der Waals surface area (Å²) in [7, 11) is 0. The van der Waals surface area contributed by atoms with Gasteiger partial charge in [0.05, 0.1) is 0 Å². The highest BCUT2D eigenvalue weighted by molar-refractivity contribution is 4.73. The van der Waals surface area contributed by atoms with Gasteiger partial charge in [-0.05, 0) is 11.8 Å². The normalized spacial score (nSPS) is 17.8. The van der Waals surface area contributed by atoms with Crippen molar-refractivity contribution in [1.82, 2.24) is 0 Å². The lowest BCUT2D eigenvalue weighted by atomic mass is 9.78. The summed E-state index contributed by atoms with van der Waals surface area (Å²) in [6.07, 6.45) is 50.9. The molecule has 0 saturated heterocycles. The van der Waals surface area contributed by atoms with E-state index in [1.54, 1.807) is 38.5 Å². The van der Waals surface area contributed by atoms with Gasteiger partial charge in [-0.15, -0.1) is 0 Å². The summed E-state index contributed by atoms with van der Waals surface area (Å²) < 4.78 is 0. The van der Waals surface area contributed by atoms with E-state index in [9.17, 15) is 0 Å². The Kier molecular flexibility index (Phi) is 28.4. The quantitative estimate of drug-likeness (QED) is 0.0807. The molecule has 0 heterocycles. The zero-order valence-corrected chi connectivity index (χ0v) is 27.2. The van der Waals surface area contributed by atoms with Crippen molar-refractivity contribution in [3.8, 4) is 0 Å².